The molecule has 1 heterocycles. The Kier molecular flexibility index (Phi) is 5.80. The number of benzene rings is 1. The maximum Gasteiger partial charge on any atom is 0.233 e. The molecule has 0 bridgehead atoms. The smallest absolute Gasteiger partial charge is 0.233 e. The van der Waals surface area contributed by atoms with E-state index in [1.54, 1.807) is 6.07 Å². The number of hydrogen-bond acceptors (Lipinski definition) is 3. The largest absolute Gasteiger partial charge is 0.301 e. The quantitative estimate of drug-likeness (QED) is 0.682. The van der Waals surface area contributed by atoms with Crippen LogP contribution in [0.2, 0.25) is 10.0 Å². The molecule has 3 nitrogen and oxygen atoms in total. The van der Waals surface area contributed by atoms with E-state index < -0.39 is 0 Å². The summed E-state index contributed by atoms with van der Waals surface area (Å²) in [4.78, 5) is 17.2. The first-order valence-corrected chi connectivity index (χ1v) is 9.84. The molecule has 6 heteroatoms. The van der Waals surface area contributed by atoms with Gasteiger partial charge in [-0.3, -0.25) is 4.79 Å². The maximum absolute atomic E-state index is 12.9. The number of anilines is 1. The van der Waals surface area contributed by atoms with E-state index in [9.17, 15) is 4.79 Å². The molecular formula is C18H20Cl2N2OS. The first-order valence-electron chi connectivity index (χ1n) is 8.21. The fraction of sp³-hybridized carbons (Fsp3) is 0.444. The van der Waals surface area contributed by atoms with Crippen LogP contribution in [0, 0.1) is 12.8 Å². The van der Waals surface area contributed by atoms with E-state index in [1.807, 2.05) is 24.4 Å². The van der Waals surface area contributed by atoms with E-state index in [0.717, 1.165) is 17.7 Å². The third-order valence-electron chi connectivity index (χ3n) is 4.56. The van der Waals surface area contributed by atoms with Gasteiger partial charge < -0.3 is 5.32 Å². The van der Waals surface area contributed by atoms with Gasteiger partial charge in [-0.25, -0.2) is 4.98 Å². The van der Waals surface area contributed by atoms with Gasteiger partial charge in [-0.1, -0.05) is 55.0 Å². The van der Waals surface area contributed by atoms with Crippen LogP contribution in [0.25, 0.3) is 0 Å². The molecular weight excluding hydrogens is 363 g/mol. The van der Waals surface area contributed by atoms with Gasteiger partial charge in [0.2, 0.25) is 5.91 Å². The summed E-state index contributed by atoms with van der Waals surface area (Å²) in [5.74, 6) is 0.343. The van der Waals surface area contributed by atoms with Crippen LogP contribution in [0.4, 0.5) is 5.13 Å². The molecule has 0 saturated heterocycles. The molecule has 1 N–H and O–H groups in total. The van der Waals surface area contributed by atoms with E-state index in [2.05, 4.69) is 10.3 Å². The lowest BCUT2D eigenvalue weighted by molar-refractivity contribution is -0.118. The lowest BCUT2D eigenvalue weighted by atomic mass is 9.87. The van der Waals surface area contributed by atoms with Crippen molar-refractivity contribution >= 4 is 45.6 Å². The average Bonchev–Trinajstić information content (AvgIpc) is 3.19. The first-order chi connectivity index (χ1) is 11.5. The van der Waals surface area contributed by atoms with Gasteiger partial charge in [0.15, 0.2) is 5.13 Å². The number of aryl methyl sites for hydroxylation is 1. The number of carbonyl (C=O) groups is 1. The van der Waals surface area contributed by atoms with Gasteiger partial charge in [0.25, 0.3) is 0 Å². The van der Waals surface area contributed by atoms with Crippen LogP contribution in [0.3, 0.4) is 0 Å². The predicted molar refractivity (Wildman–Crippen MR) is 101 cm³/mol. The van der Waals surface area contributed by atoms with Crippen molar-refractivity contribution in [2.75, 3.05) is 5.32 Å². The van der Waals surface area contributed by atoms with E-state index in [1.165, 1.54) is 37.0 Å². The number of thiazole rings is 1. The molecule has 1 aliphatic rings. The van der Waals surface area contributed by atoms with Gasteiger partial charge in [-0.05, 0) is 37.0 Å². The van der Waals surface area contributed by atoms with Gasteiger partial charge >= 0.3 is 0 Å². The summed E-state index contributed by atoms with van der Waals surface area (Å²) in [6.07, 6.45) is 5.75. The van der Waals surface area contributed by atoms with E-state index in [0.29, 0.717) is 21.1 Å². The minimum absolute atomic E-state index is 0.0189. The van der Waals surface area contributed by atoms with Crippen LogP contribution in [0.1, 0.15) is 49.3 Å². The Bertz CT molecular complexity index is 726. The van der Waals surface area contributed by atoms with Crippen molar-refractivity contribution in [1.29, 1.82) is 0 Å². The number of nitrogens with one attached hydrogen (secondary N) is 1. The third kappa shape index (κ3) is 4.29. The average molecular weight is 383 g/mol. The fourth-order valence-corrected chi connectivity index (χ4v) is 4.30. The number of halogens is 2. The van der Waals surface area contributed by atoms with Crippen molar-refractivity contribution in [3.63, 3.8) is 0 Å². The highest BCUT2D eigenvalue weighted by Gasteiger charge is 2.27. The zero-order valence-electron chi connectivity index (χ0n) is 13.5. The number of aromatic nitrogens is 1. The maximum atomic E-state index is 12.9. The highest BCUT2D eigenvalue weighted by atomic mass is 35.5. The van der Waals surface area contributed by atoms with Crippen molar-refractivity contribution in [3.8, 4) is 0 Å². The summed E-state index contributed by atoms with van der Waals surface area (Å²) in [5.41, 5.74) is 1.83. The molecule has 0 radical (unpaired) electrons. The molecule has 1 atom stereocenters. The summed E-state index contributed by atoms with van der Waals surface area (Å²) in [5, 5.41) is 6.54. The minimum Gasteiger partial charge on any atom is -0.301 e. The Hall–Kier alpha value is -1.10. The molecule has 128 valence electrons. The lowest BCUT2D eigenvalue weighted by Crippen LogP contribution is -2.23. The highest BCUT2D eigenvalue weighted by Crippen LogP contribution is 2.36. The van der Waals surface area contributed by atoms with Gasteiger partial charge in [0, 0.05) is 5.38 Å². The third-order valence-corrected chi connectivity index (χ3v) is 6.17. The fourth-order valence-electron chi connectivity index (χ4n) is 3.31. The Morgan fingerprint density at radius 2 is 2.08 bits per heavy atom. The van der Waals surface area contributed by atoms with Gasteiger partial charge in [0.1, 0.15) is 0 Å². The van der Waals surface area contributed by atoms with Crippen LogP contribution in [-0.2, 0) is 4.79 Å². The van der Waals surface area contributed by atoms with Crippen LogP contribution in [-0.4, -0.2) is 10.9 Å². The molecule has 24 heavy (non-hydrogen) atoms. The summed E-state index contributed by atoms with van der Waals surface area (Å²) >= 11 is 13.6. The molecule has 1 fully saturated rings. The minimum atomic E-state index is -0.230. The molecule has 1 unspecified atom stereocenters. The van der Waals surface area contributed by atoms with Crippen LogP contribution in [0.5, 0.6) is 0 Å². The van der Waals surface area contributed by atoms with Crippen molar-refractivity contribution in [2.45, 2.75) is 44.9 Å². The second-order valence-corrected chi connectivity index (χ2v) is 8.07. The monoisotopic (exact) mass is 382 g/mol. The number of amides is 1. The zero-order valence-corrected chi connectivity index (χ0v) is 15.8. The van der Waals surface area contributed by atoms with Crippen molar-refractivity contribution in [2.24, 2.45) is 5.92 Å². The van der Waals surface area contributed by atoms with Crippen molar-refractivity contribution < 1.29 is 4.79 Å². The van der Waals surface area contributed by atoms with Crippen LogP contribution < -0.4 is 5.32 Å². The van der Waals surface area contributed by atoms with E-state index >= 15 is 0 Å². The lowest BCUT2D eigenvalue weighted by Gasteiger charge is -2.20. The van der Waals surface area contributed by atoms with Crippen molar-refractivity contribution in [3.05, 3.63) is 44.9 Å². The van der Waals surface area contributed by atoms with Crippen LogP contribution >= 0.6 is 34.5 Å². The Morgan fingerprint density at radius 1 is 1.33 bits per heavy atom. The van der Waals surface area contributed by atoms with E-state index in [-0.39, 0.29) is 11.8 Å². The molecule has 2 aromatic rings. The number of carbonyl (C=O) groups excluding carboxylic acids is 1. The molecule has 1 aliphatic carbocycles. The van der Waals surface area contributed by atoms with Gasteiger partial charge in [-0.15, -0.1) is 11.3 Å². The van der Waals surface area contributed by atoms with Crippen molar-refractivity contribution in [1.82, 2.24) is 4.98 Å². The second-order valence-electron chi connectivity index (χ2n) is 6.40. The number of nitrogens with zero attached hydrogens (tertiary/aromatic N) is 1. The Balaban J connectivity index is 1.82. The standard InChI is InChI=1S/C18H20Cl2N2OS/c1-11-10-24-18(21-11)22-17(23)14(8-12-4-2-3-5-12)13-6-7-15(19)16(20)9-13/h6-7,9-10,12,14H,2-5,8H2,1H3,(H,21,22,23). The normalized spacial score (nSPS) is 16.3. The topological polar surface area (TPSA) is 42.0 Å². The molecule has 1 amide bonds. The summed E-state index contributed by atoms with van der Waals surface area (Å²) in [7, 11) is 0. The molecule has 1 aromatic heterocycles. The zero-order chi connectivity index (χ0) is 17.1. The summed E-state index contributed by atoms with van der Waals surface area (Å²) < 4.78 is 0. The summed E-state index contributed by atoms with van der Waals surface area (Å²) in [6.45, 7) is 1.92. The number of rotatable bonds is 5. The van der Waals surface area contributed by atoms with E-state index in [4.69, 9.17) is 23.2 Å². The molecule has 3 rings (SSSR count). The molecule has 1 saturated carbocycles. The first kappa shape index (κ1) is 17.7. The highest BCUT2D eigenvalue weighted by molar-refractivity contribution is 7.13. The number of hydrogen-bond donors (Lipinski definition) is 1. The van der Waals surface area contributed by atoms with Gasteiger partial charge in [-0.2, -0.15) is 0 Å². The molecule has 0 spiro atoms. The Morgan fingerprint density at radius 3 is 2.71 bits per heavy atom. The van der Waals surface area contributed by atoms with Gasteiger partial charge in [0.05, 0.1) is 21.7 Å². The van der Waals surface area contributed by atoms with Crippen LogP contribution in [0.15, 0.2) is 23.6 Å². The second kappa shape index (κ2) is 7.85. The molecule has 1 aromatic carbocycles. The Labute approximate surface area is 156 Å². The summed E-state index contributed by atoms with van der Waals surface area (Å²) in [6, 6.07) is 5.48. The SMILES string of the molecule is Cc1csc(NC(=O)C(CC2CCCC2)c2ccc(Cl)c(Cl)c2)n1. The molecule has 0 aliphatic heterocycles. The predicted octanol–water partition coefficient (Wildman–Crippen LogP) is 6.06.